The van der Waals surface area contributed by atoms with E-state index in [1.165, 1.54) is 18.2 Å². The average molecular weight is 325 g/mol. The predicted octanol–water partition coefficient (Wildman–Crippen LogP) is 3.59. The third-order valence-corrected chi connectivity index (χ3v) is 4.15. The van der Waals surface area contributed by atoms with Gasteiger partial charge in [-0.15, -0.1) is 0 Å². The summed E-state index contributed by atoms with van der Waals surface area (Å²) < 4.78 is 18.6. The van der Waals surface area contributed by atoms with Gasteiger partial charge in [-0.3, -0.25) is 4.79 Å². The quantitative estimate of drug-likeness (QED) is 0.920. The van der Waals surface area contributed by atoms with Gasteiger partial charge in [0.2, 0.25) is 0 Å². The van der Waals surface area contributed by atoms with E-state index >= 15 is 0 Å². The van der Waals surface area contributed by atoms with Crippen molar-refractivity contribution in [2.75, 3.05) is 0 Å². The monoisotopic (exact) mass is 324 g/mol. The molecule has 1 aromatic rings. The van der Waals surface area contributed by atoms with Crippen LogP contribution in [0.3, 0.4) is 0 Å². The van der Waals surface area contributed by atoms with E-state index in [9.17, 15) is 14.4 Å². The van der Waals surface area contributed by atoms with E-state index in [1.807, 2.05) is 0 Å². The van der Waals surface area contributed by atoms with Crippen LogP contribution in [0.2, 0.25) is 5.02 Å². The third-order valence-electron chi connectivity index (χ3n) is 3.86. The molecule has 4 nitrogen and oxygen atoms in total. The van der Waals surface area contributed by atoms with Crippen LogP contribution in [0.5, 0.6) is 5.75 Å². The summed E-state index contributed by atoms with van der Waals surface area (Å²) in [5.74, 6) is -0.593. The number of hydrogen-bond acceptors (Lipinski definition) is 3. The van der Waals surface area contributed by atoms with Crippen molar-refractivity contribution < 1.29 is 13.9 Å². The normalized spacial score (nSPS) is 18.1. The molecule has 0 spiro atoms. The first-order valence-corrected chi connectivity index (χ1v) is 7.68. The number of hydrogen-bond donors (Lipinski definition) is 1. The number of carbonyl (C=O) groups excluding carboxylic acids is 1. The zero-order chi connectivity index (χ0) is 16.2. The van der Waals surface area contributed by atoms with Gasteiger partial charge in [0, 0.05) is 6.07 Å². The number of rotatable bonds is 4. The van der Waals surface area contributed by atoms with E-state index in [0.29, 0.717) is 18.6 Å². The lowest BCUT2D eigenvalue weighted by molar-refractivity contribution is -0.129. The van der Waals surface area contributed by atoms with Crippen molar-refractivity contribution in [2.24, 2.45) is 0 Å². The Balaban J connectivity index is 1.99. The zero-order valence-corrected chi connectivity index (χ0v) is 13.1. The number of nitrogens with zero attached hydrogens (tertiary/aromatic N) is 1. The Morgan fingerprint density at radius 2 is 2.14 bits per heavy atom. The molecule has 1 saturated carbocycles. The minimum atomic E-state index is -0.798. The van der Waals surface area contributed by atoms with Gasteiger partial charge in [-0.25, -0.2) is 4.39 Å². The molecule has 1 N–H and O–H groups in total. The molecular formula is C16H18ClFN2O2. The van der Waals surface area contributed by atoms with Crippen molar-refractivity contribution in [2.45, 2.75) is 50.7 Å². The molecule has 0 radical (unpaired) electrons. The molecule has 1 fully saturated rings. The summed E-state index contributed by atoms with van der Waals surface area (Å²) in [5, 5.41) is 12.1. The summed E-state index contributed by atoms with van der Waals surface area (Å²) in [4.78, 5) is 12.2. The van der Waals surface area contributed by atoms with Crippen molar-refractivity contribution in [1.82, 2.24) is 5.32 Å². The number of amides is 1. The van der Waals surface area contributed by atoms with E-state index in [4.69, 9.17) is 16.3 Å². The number of nitrogens with one attached hydrogen (secondary N) is 1. The fraction of sp³-hybridized carbons (Fsp3) is 0.500. The standard InChI is InChI=1S/C16H18ClFN2O2/c1-11(22-12-5-6-14(18)13(17)9-12)15(21)20-16(10-19)7-3-2-4-8-16/h5-6,9,11H,2-4,7-8H2,1H3,(H,20,21)/t11-/m1/s1. The number of carbonyl (C=O) groups is 1. The SMILES string of the molecule is C[C@@H](Oc1ccc(F)c(Cl)c1)C(=O)NC1(C#N)CCCCC1. The second kappa shape index (κ2) is 6.97. The number of halogens is 2. The average Bonchev–Trinajstić information content (AvgIpc) is 2.51. The maximum absolute atomic E-state index is 13.1. The lowest BCUT2D eigenvalue weighted by Gasteiger charge is -2.32. The molecule has 6 heteroatoms. The van der Waals surface area contributed by atoms with Crippen LogP contribution in [0.1, 0.15) is 39.0 Å². The molecule has 0 aliphatic heterocycles. The first kappa shape index (κ1) is 16.6. The number of nitriles is 1. The second-order valence-corrected chi connectivity index (χ2v) is 5.99. The highest BCUT2D eigenvalue weighted by molar-refractivity contribution is 6.30. The highest BCUT2D eigenvalue weighted by atomic mass is 35.5. The van der Waals surface area contributed by atoms with Gasteiger partial charge in [0.25, 0.3) is 5.91 Å². The van der Waals surface area contributed by atoms with Crippen molar-refractivity contribution in [3.63, 3.8) is 0 Å². The molecule has 1 aliphatic carbocycles. The minimum absolute atomic E-state index is 0.0640. The van der Waals surface area contributed by atoms with Gasteiger partial charge in [0.1, 0.15) is 17.1 Å². The van der Waals surface area contributed by atoms with Gasteiger partial charge >= 0.3 is 0 Å². The molecule has 2 rings (SSSR count). The molecular weight excluding hydrogens is 307 g/mol. The topological polar surface area (TPSA) is 62.1 Å². The summed E-state index contributed by atoms with van der Waals surface area (Å²) in [7, 11) is 0. The Labute approximate surface area is 134 Å². The minimum Gasteiger partial charge on any atom is -0.481 e. The molecule has 1 amide bonds. The Morgan fingerprint density at radius 3 is 2.73 bits per heavy atom. The Kier molecular flexibility index (Phi) is 5.25. The molecule has 0 aromatic heterocycles. The molecule has 1 aliphatic rings. The number of ether oxygens (including phenoxy) is 1. The molecule has 118 valence electrons. The van der Waals surface area contributed by atoms with E-state index in [0.717, 1.165) is 19.3 Å². The highest BCUT2D eigenvalue weighted by Crippen LogP contribution is 2.28. The lowest BCUT2D eigenvalue weighted by Crippen LogP contribution is -2.52. The Morgan fingerprint density at radius 1 is 1.45 bits per heavy atom. The van der Waals surface area contributed by atoms with E-state index in [-0.39, 0.29) is 10.9 Å². The van der Waals surface area contributed by atoms with Crippen LogP contribution in [-0.2, 0) is 4.79 Å². The second-order valence-electron chi connectivity index (χ2n) is 5.58. The maximum Gasteiger partial charge on any atom is 0.262 e. The van der Waals surface area contributed by atoms with Crippen LogP contribution in [0.15, 0.2) is 18.2 Å². The van der Waals surface area contributed by atoms with Crippen LogP contribution < -0.4 is 10.1 Å². The first-order valence-electron chi connectivity index (χ1n) is 7.31. The molecule has 0 heterocycles. The van der Waals surface area contributed by atoms with Crippen molar-refractivity contribution >= 4 is 17.5 Å². The van der Waals surface area contributed by atoms with Gasteiger partial charge < -0.3 is 10.1 Å². The molecule has 1 atom stereocenters. The van der Waals surface area contributed by atoms with Crippen LogP contribution in [-0.4, -0.2) is 17.6 Å². The van der Waals surface area contributed by atoms with Gasteiger partial charge in [0.05, 0.1) is 11.1 Å². The smallest absolute Gasteiger partial charge is 0.262 e. The fourth-order valence-electron chi connectivity index (χ4n) is 2.57. The van der Waals surface area contributed by atoms with Gasteiger partial charge in [-0.05, 0) is 31.9 Å². The van der Waals surface area contributed by atoms with E-state index in [2.05, 4.69) is 11.4 Å². The van der Waals surface area contributed by atoms with Crippen molar-refractivity contribution in [3.8, 4) is 11.8 Å². The first-order chi connectivity index (χ1) is 10.5. The van der Waals surface area contributed by atoms with E-state index < -0.39 is 17.5 Å². The van der Waals surface area contributed by atoms with Gasteiger partial charge in [0.15, 0.2) is 6.10 Å². The van der Waals surface area contributed by atoms with Crippen LogP contribution in [0.4, 0.5) is 4.39 Å². The van der Waals surface area contributed by atoms with Gasteiger partial charge in [-0.2, -0.15) is 5.26 Å². The molecule has 0 bridgehead atoms. The highest BCUT2D eigenvalue weighted by Gasteiger charge is 2.35. The molecule has 1 aromatic carbocycles. The summed E-state index contributed by atoms with van der Waals surface area (Å²) in [5.41, 5.74) is -0.798. The Hall–Kier alpha value is -1.80. The number of benzene rings is 1. The van der Waals surface area contributed by atoms with Gasteiger partial charge in [-0.1, -0.05) is 30.9 Å². The largest absolute Gasteiger partial charge is 0.481 e. The maximum atomic E-state index is 13.1. The van der Waals surface area contributed by atoms with Crippen molar-refractivity contribution in [3.05, 3.63) is 29.0 Å². The summed E-state index contributed by atoms with van der Waals surface area (Å²) in [6.07, 6.45) is 3.45. The fourth-order valence-corrected chi connectivity index (χ4v) is 2.74. The Bertz CT molecular complexity index is 594. The molecule has 0 unspecified atom stereocenters. The molecule has 0 saturated heterocycles. The predicted molar refractivity (Wildman–Crippen MR) is 81.1 cm³/mol. The van der Waals surface area contributed by atoms with Crippen molar-refractivity contribution in [1.29, 1.82) is 5.26 Å². The van der Waals surface area contributed by atoms with E-state index in [1.54, 1.807) is 6.92 Å². The summed E-state index contributed by atoms with van der Waals surface area (Å²) in [6, 6.07) is 6.14. The zero-order valence-electron chi connectivity index (χ0n) is 12.4. The lowest BCUT2D eigenvalue weighted by atomic mass is 9.83. The van der Waals surface area contributed by atoms with Crippen LogP contribution in [0, 0.1) is 17.1 Å². The third kappa shape index (κ3) is 3.89. The molecule has 22 heavy (non-hydrogen) atoms. The summed E-state index contributed by atoms with van der Waals surface area (Å²) >= 11 is 5.68. The van der Waals surface area contributed by atoms with Crippen LogP contribution >= 0.6 is 11.6 Å². The summed E-state index contributed by atoms with van der Waals surface area (Å²) in [6.45, 7) is 1.58. The van der Waals surface area contributed by atoms with Crippen LogP contribution in [0.25, 0.3) is 0 Å².